The predicted octanol–water partition coefficient (Wildman–Crippen LogP) is 0.279. The molecule has 1 saturated heterocycles. The van der Waals surface area contributed by atoms with Gasteiger partial charge < -0.3 is 25.0 Å². The van der Waals surface area contributed by atoms with Crippen LogP contribution < -0.4 is 5.06 Å². The summed E-state index contributed by atoms with van der Waals surface area (Å²) in [7, 11) is 1.98. The summed E-state index contributed by atoms with van der Waals surface area (Å²) in [6.07, 6.45) is 2.65. The third kappa shape index (κ3) is 1.78. The molecule has 1 aliphatic carbocycles. The minimum atomic E-state index is -1.34. The molecule has 6 atom stereocenters. The number of aliphatic hydroxyl groups is 1. The zero-order valence-electron chi connectivity index (χ0n) is 15.1. The third-order valence-electron chi connectivity index (χ3n) is 7.08. The molecule has 26 heavy (non-hydrogen) atoms. The van der Waals surface area contributed by atoms with Crippen molar-refractivity contribution in [2.75, 3.05) is 20.2 Å². The molecule has 1 saturated carbocycles. The van der Waals surface area contributed by atoms with Crippen LogP contribution in [0.25, 0.3) is 0 Å². The zero-order valence-corrected chi connectivity index (χ0v) is 15.1. The van der Waals surface area contributed by atoms with Crippen molar-refractivity contribution >= 4 is 11.5 Å². The molecule has 3 heterocycles. The minimum absolute atomic E-state index is 0.0887. The first-order valence-corrected chi connectivity index (χ1v) is 9.32. The summed E-state index contributed by atoms with van der Waals surface area (Å²) >= 11 is 0. The van der Waals surface area contributed by atoms with Crippen molar-refractivity contribution in [1.82, 2.24) is 4.90 Å². The van der Waals surface area contributed by atoms with E-state index in [9.17, 15) is 15.1 Å². The van der Waals surface area contributed by atoms with Gasteiger partial charge in [0.25, 0.3) is 0 Å². The molecule has 0 spiro atoms. The Morgan fingerprint density at radius 1 is 1.38 bits per heavy atom. The molecule has 0 aromatic heterocycles. The van der Waals surface area contributed by atoms with Crippen molar-refractivity contribution in [3.8, 4) is 0 Å². The van der Waals surface area contributed by atoms with Crippen LogP contribution in [0.5, 0.6) is 0 Å². The van der Waals surface area contributed by atoms with Gasteiger partial charge in [-0.05, 0) is 25.0 Å². The smallest absolute Gasteiger partial charge is 0.150 e. The lowest BCUT2D eigenvalue weighted by Crippen LogP contribution is -3.11. The largest absolute Gasteiger partial charge is 0.629 e. The fourth-order valence-corrected chi connectivity index (χ4v) is 5.85. The highest BCUT2D eigenvalue weighted by atomic mass is 16.5. The fraction of sp³-hybridized carbons (Fsp3) is 0.550. The highest BCUT2D eigenvalue weighted by Gasteiger charge is 2.71. The number of carbonyl (C=O) groups is 1. The highest BCUT2D eigenvalue weighted by molar-refractivity contribution is 5.95. The van der Waals surface area contributed by atoms with E-state index in [1.807, 2.05) is 38.4 Å². The van der Waals surface area contributed by atoms with Crippen molar-refractivity contribution in [2.24, 2.45) is 5.92 Å². The lowest BCUT2D eigenvalue weighted by molar-refractivity contribution is -0.816. The SMILES string of the molecule is CC1OC[C@@]2(O)[C@@H]3[NH+]([O-])c4ccccc4C34CCN(C)/C=C/1[C@@H]2CC4=O. The molecule has 1 aromatic carbocycles. The first-order valence-electron chi connectivity index (χ1n) is 9.32. The highest BCUT2D eigenvalue weighted by Crippen LogP contribution is 2.54. The van der Waals surface area contributed by atoms with Gasteiger partial charge in [-0.15, -0.1) is 0 Å². The summed E-state index contributed by atoms with van der Waals surface area (Å²) < 4.78 is 5.92. The van der Waals surface area contributed by atoms with E-state index in [0.717, 1.165) is 11.1 Å². The van der Waals surface area contributed by atoms with Crippen LogP contribution in [0.3, 0.4) is 0 Å². The van der Waals surface area contributed by atoms with E-state index < -0.39 is 17.1 Å². The first-order chi connectivity index (χ1) is 12.4. The molecule has 5 rings (SSSR count). The van der Waals surface area contributed by atoms with Crippen molar-refractivity contribution in [1.29, 1.82) is 0 Å². The molecule has 2 fully saturated rings. The number of benzene rings is 1. The third-order valence-corrected chi connectivity index (χ3v) is 7.08. The summed E-state index contributed by atoms with van der Waals surface area (Å²) in [5.41, 5.74) is 0.0250. The van der Waals surface area contributed by atoms with Gasteiger partial charge in [-0.1, -0.05) is 18.2 Å². The average Bonchev–Trinajstić information content (AvgIpc) is 2.92. The Bertz CT molecular complexity index is 824. The maximum atomic E-state index is 13.5. The van der Waals surface area contributed by atoms with Gasteiger partial charge in [-0.25, -0.2) is 0 Å². The molecular formula is C20H24N2O4. The van der Waals surface area contributed by atoms with E-state index >= 15 is 0 Å². The van der Waals surface area contributed by atoms with Crippen LogP contribution in [0.2, 0.25) is 0 Å². The quantitative estimate of drug-likeness (QED) is 0.653. The molecule has 1 aromatic rings. The summed E-state index contributed by atoms with van der Waals surface area (Å²) in [4.78, 5) is 15.6. The van der Waals surface area contributed by atoms with E-state index in [0.29, 0.717) is 18.7 Å². The van der Waals surface area contributed by atoms with E-state index in [2.05, 4.69) is 4.90 Å². The number of nitrogens with one attached hydrogen (secondary N) is 1. The second kappa shape index (κ2) is 5.16. The van der Waals surface area contributed by atoms with Crippen molar-refractivity contribution in [3.63, 3.8) is 0 Å². The summed E-state index contributed by atoms with van der Waals surface area (Å²) in [5, 5.41) is 25.1. The molecule has 3 unspecified atom stereocenters. The Labute approximate surface area is 152 Å². The van der Waals surface area contributed by atoms with Gasteiger partial charge in [0, 0.05) is 37.7 Å². The molecule has 6 nitrogen and oxygen atoms in total. The van der Waals surface area contributed by atoms with E-state index in [1.165, 1.54) is 0 Å². The number of ether oxygens (including phenoxy) is 1. The number of hydrogen-bond donors (Lipinski definition) is 2. The molecule has 0 radical (unpaired) electrons. The maximum Gasteiger partial charge on any atom is 0.150 e. The second-order valence-electron chi connectivity index (χ2n) is 8.30. The Balaban J connectivity index is 1.80. The van der Waals surface area contributed by atoms with Gasteiger partial charge in [0.05, 0.1) is 12.7 Å². The lowest BCUT2D eigenvalue weighted by Gasteiger charge is -2.55. The number of rotatable bonds is 0. The van der Waals surface area contributed by atoms with Crippen LogP contribution in [-0.4, -0.2) is 53.7 Å². The van der Waals surface area contributed by atoms with Gasteiger partial charge in [0.2, 0.25) is 0 Å². The molecule has 138 valence electrons. The summed E-state index contributed by atoms with van der Waals surface area (Å²) in [6.45, 7) is 2.71. The number of nitrogens with zero attached hydrogens (tertiary/aromatic N) is 1. The van der Waals surface area contributed by atoms with Gasteiger partial charge in [-0.3, -0.25) is 4.79 Å². The lowest BCUT2D eigenvalue weighted by atomic mass is 9.54. The fourth-order valence-electron chi connectivity index (χ4n) is 5.85. The van der Waals surface area contributed by atoms with E-state index in [4.69, 9.17) is 4.74 Å². The van der Waals surface area contributed by atoms with Crippen LogP contribution in [0.1, 0.15) is 25.3 Å². The number of Topliss-reactive ketones (excluding diaryl/α,β-unsaturated/α-hetero) is 1. The number of quaternary nitrogens is 1. The average molecular weight is 356 g/mol. The molecule has 4 aliphatic rings. The van der Waals surface area contributed by atoms with Gasteiger partial charge >= 0.3 is 0 Å². The molecule has 6 heteroatoms. The number of hydroxylamine groups is 1. The van der Waals surface area contributed by atoms with Gasteiger partial charge in [-0.2, -0.15) is 0 Å². The number of para-hydroxylation sites is 1. The van der Waals surface area contributed by atoms with Crippen LogP contribution in [0.15, 0.2) is 36.0 Å². The Morgan fingerprint density at radius 2 is 2.15 bits per heavy atom. The zero-order chi connectivity index (χ0) is 18.3. The van der Waals surface area contributed by atoms with Crippen molar-refractivity contribution in [2.45, 2.75) is 42.9 Å². The second-order valence-corrected chi connectivity index (χ2v) is 8.30. The topological polar surface area (TPSA) is 77.3 Å². The molecular weight excluding hydrogens is 332 g/mol. The van der Waals surface area contributed by atoms with Crippen molar-refractivity contribution in [3.05, 3.63) is 46.8 Å². The normalized spacial score (nSPS) is 45.9. The minimum Gasteiger partial charge on any atom is -0.629 e. The van der Waals surface area contributed by atoms with E-state index in [-0.39, 0.29) is 35.9 Å². The molecule has 0 amide bonds. The number of carbonyl (C=O) groups excluding carboxylic acids is 1. The van der Waals surface area contributed by atoms with Crippen LogP contribution in [0.4, 0.5) is 5.69 Å². The van der Waals surface area contributed by atoms with E-state index in [1.54, 1.807) is 6.07 Å². The standard InChI is InChI=1S/C20H24N2O4/c1-12-13-10-21(2)8-7-19-14-5-3-4-6-16(14)22(25)18(19)20(24,11-26-12)15(13)9-17(19)23/h3-6,10,12,15,18,22,24H,7-9,11H2,1-2H3/b13-10-/t12?,15-,18+,19?,20-/m0/s1. The Hall–Kier alpha value is -1.73. The number of hydrogen-bond acceptors (Lipinski definition) is 5. The Kier molecular flexibility index (Phi) is 3.27. The van der Waals surface area contributed by atoms with Crippen molar-refractivity contribution < 1.29 is 19.7 Å². The van der Waals surface area contributed by atoms with Crippen LogP contribution in [-0.2, 0) is 14.9 Å². The van der Waals surface area contributed by atoms with Gasteiger partial charge in [0.15, 0.2) is 5.78 Å². The molecule has 4 bridgehead atoms. The van der Waals surface area contributed by atoms with Crippen LogP contribution >= 0.6 is 0 Å². The van der Waals surface area contributed by atoms with Crippen LogP contribution in [0, 0.1) is 11.1 Å². The first kappa shape index (κ1) is 16.4. The monoisotopic (exact) mass is 356 g/mol. The summed E-state index contributed by atoms with van der Waals surface area (Å²) in [5.74, 6) is -0.276. The summed E-state index contributed by atoms with van der Waals surface area (Å²) in [6, 6.07) is 6.64. The number of fused-ring (bicyclic) bond motifs is 1. The van der Waals surface area contributed by atoms with Gasteiger partial charge in [0.1, 0.15) is 22.7 Å². The predicted molar refractivity (Wildman–Crippen MR) is 94.7 cm³/mol. The Morgan fingerprint density at radius 3 is 2.96 bits per heavy atom. The maximum absolute atomic E-state index is 13.5. The molecule has 3 aliphatic heterocycles. The number of ketones is 1. The molecule has 2 N–H and O–H groups in total.